The Labute approximate surface area is 205 Å². The van der Waals surface area contributed by atoms with Gasteiger partial charge in [-0.15, -0.1) is 0 Å². The monoisotopic (exact) mass is 480 g/mol. The molecular weight excluding hydrogens is 440 g/mol. The number of esters is 1. The van der Waals surface area contributed by atoms with E-state index in [9.17, 15) is 4.79 Å². The second-order valence-corrected chi connectivity index (χ2v) is 16.2. The molecule has 0 fully saturated rings. The SMILES string of the molecule is COC(=O)c1ccc2nc(-c3ccn([Si](C(C)C)(C(C)C)C(C)C)c3)c(N(C)C(C)C)nc2c1. The van der Waals surface area contributed by atoms with Gasteiger partial charge in [-0.2, -0.15) is 0 Å². The number of nitrogens with zero attached hydrogens (tertiary/aromatic N) is 4. The molecule has 0 spiro atoms. The van der Waals surface area contributed by atoms with Crippen molar-refractivity contribution in [3.05, 3.63) is 42.2 Å². The van der Waals surface area contributed by atoms with Crippen LogP contribution in [0.5, 0.6) is 0 Å². The number of anilines is 1. The third-order valence-corrected chi connectivity index (χ3v) is 14.1. The van der Waals surface area contributed by atoms with Crippen molar-refractivity contribution in [2.24, 2.45) is 0 Å². The van der Waals surface area contributed by atoms with Crippen LogP contribution in [0, 0.1) is 0 Å². The quantitative estimate of drug-likeness (QED) is 0.263. The minimum Gasteiger partial charge on any atom is -0.465 e. The molecule has 0 atom stereocenters. The fourth-order valence-electron chi connectivity index (χ4n) is 5.65. The Kier molecular flexibility index (Phi) is 7.55. The zero-order valence-corrected chi connectivity index (χ0v) is 23.4. The summed E-state index contributed by atoms with van der Waals surface area (Å²) in [5, 5.41) is 0. The first kappa shape index (κ1) is 25.9. The summed E-state index contributed by atoms with van der Waals surface area (Å²) in [5.74, 6) is 0.439. The van der Waals surface area contributed by atoms with Gasteiger partial charge in [-0.1, -0.05) is 41.5 Å². The summed E-state index contributed by atoms with van der Waals surface area (Å²) in [6.45, 7) is 18.5. The van der Waals surface area contributed by atoms with E-state index in [0.29, 0.717) is 27.7 Å². The largest absolute Gasteiger partial charge is 0.465 e. The van der Waals surface area contributed by atoms with Crippen molar-refractivity contribution in [2.45, 2.75) is 78.1 Å². The van der Waals surface area contributed by atoms with E-state index in [1.54, 1.807) is 12.1 Å². The zero-order chi connectivity index (χ0) is 25.4. The Morgan fingerprint density at radius 2 is 1.56 bits per heavy atom. The number of aromatic nitrogens is 3. The van der Waals surface area contributed by atoms with Crippen LogP contribution in [0.2, 0.25) is 16.6 Å². The number of rotatable bonds is 8. The highest BCUT2D eigenvalue weighted by atomic mass is 28.3. The lowest BCUT2D eigenvalue weighted by Crippen LogP contribution is -2.51. The molecule has 0 saturated heterocycles. The predicted molar refractivity (Wildman–Crippen MR) is 144 cm³/mol. The molecule has 0 unspecified atom stereocenters. The zero-order valence-electron chi connectivity index (χ0n) is 22.4. The third kappa shape index (κ3) is 4.38. The first-order valence-corrected chi connectivity index (χ1v) is 14.4. The molecule has 1 aromatic carbocycles. The predicted octanol–water partition coefficient (Wildman–Crippen LogP) is 6.75. The van der Waals surface area contributed by atoms with E-state index < -0.39 is 8.24 Å². The average Bonchev–Trinajstić information content (AvgIpc) is 3.26. The van der Waals surface area contributed by atoms with Gasteiger partial charge < -0.3 is 13.9 Å². The molecule has 0 aliphatic heterocycles. The van der Waals surface area contributed by atoms with Crippen LogP contribution in [0.15, 0.2) is 36.7 Å². The molecule has 6 nitrogen and oxygen atoms in total. The Balaban J connectivity index is 2.24. The molecule has 0 aliphatic carbocycles. The summed E-state index contributed by atoms with van der Waals surface area (Å²) < 4.78 is 7.43. The lowest BCUT2D eigenvalue weighted by molar-refractivity contribution is 0.0601. The number of carbonyl (C=O) groups is 1. The van der Waals surface area contributed by atoms with Crippen molar-refractivity contribution in [1.82, 2.24) is 14.2 Å². The summed E-state index contributed by atoms with van der Waals surface area (Å²) in [6, 6.07) is 7.79. The molecule has 3 aromatic rings. The maximum Gasteiger partial charge on any atom is 0.337 e. The average molecular weight is 481 g/mol. The van der Waals surface area contributed by atoms with E-state index in [1.807, 2.05) is 13.1 Å². The fourth-order valence-corrected chi connectivity index (χ4v) is 12.1. The first-order chi connectivity index (χ1) is 15.9. The van der Waals surface area contributed by atoms with Crippen LogP contribution in [0.4, 0.5) is 5.82 Å². The second-order valence-electron chi connectivity index (χ2n) is 10.5. The van der Waals surface area contributed by atoms with E-state index >= 15 is 0 Å². The molecule has 2 aromatic heterocycles. The lowest BCUT2D eigenvalue weighted by atomic mass is 10.1. The maximum atomic E-state index is 12.1. The topological polar surface area (TPSA) is 60.2 Å². The maximum absolute atomic E-state index is 12.1. The minimum absolute atomic E-state index is 0.242. The molecule has 0 radical (unpaired) electrons. The highest BCUT2D eigenvalue weighted by Crippen LogP contribution is 2.43. The van der Waals surface area contributed by atoms with Crippen molar-refractivity contribution >= 4 is 31.1 Å². The van der Waals surface area contributed by atoms with E-state index in [2.05, 4.69) is 83.0 Å². The summed E-state index contributed by atoms with van der Waals surface area (Å²) in [5.41, 5.74) is 5.67. The van der Waals surface area contributed by atoms with Crippen LogP contribution < -0.4 is 4.90 Å². The third-order valence-electron chi connectivity index (χ3n) is 7.36. The number of fused-ring (bicyclic) bond motifs is 1. The van der Waals surface area contributed by atoms with Gasteiger partial charge in [-0.25, -0.2) is 14.8 Å². The van der Waals surface area contributed by atoms with Crippen LogP contribution in [0.25, 0.3) is 22.3 Å². The molecule has 0 aliphatic rings. The normalized spacial score (nSPS) is 12.4. The van der Waals surface area contributed by atoms with E-state index in [0.717, 1.165) is 22.6 Å². The van der Waals surface area contributed by atoms with E-state index in [1.165, 1.54) is 7.11 Å². The molecule has 0 bridgehead atoms. The van der Waals surface area contributed by atoms with Crippen LogP contribution in [0.3, 0.4) is 0 Å². The van der Waals surface area contributed by atoms with Crippen LogP contribution >= 0.6 is 0 Å². The van der Waals surface area contributed by atoms with Crippen LogP contribution in [-0.4, -0.2) is 48.6 Å². The number of hydrogen-bond acceptors (Lipinski definition) is 5. The molecular formula is C27H40N4O2Si. The molecule has 3 rings (SSSR count). The molecule has 0 saturated carbocycles. The Morgan fingerprint density at radius 1 is 0.941 bits per heavy atom. The minimum atomic E-state index is -1.86. The fraction of sp³-hybridized carbons (Fsp3) is 0.519. The van der Waals surface area contributed by atoms with Gasteiger partial charge in [0.15, 0.2) is 14.1 Å². The molecule has 34 heavy (non-hydrogen) atoms. The Morgan fingerprint density at radius 3 is 2.09 bits per heavy atom. The van der Waals surface area contributed by atoms with Crippen molar-refractivity contribution in [3.63, 3.8) is 0 Å². The molecule has 7 heteroatoms. The van der Waals surface area contributed by atoms with Gasteiger partial charge in [0.2, 0.25) is 0 Å². The Bertz CT molecular complexity index is 1140. The lowest BCUT2D eigenvalue weighted by Gasteiger charge is -2.44. The summed E-state index contributed by atoms with van der Waals surface area (Å²) >= 11 is 0. The van der Waals surface area contributed by atoms with Crippen molar-refractivity contribution in [2.75, 3.05) is 19.1 Å². The van der Waals surface area contributed by atoms with Gasteiger partial charge in [0.1, 0.15) is 5.69 Å². The van der Waals surface area contributed by atoms with Gasteiger partial charge in [-0.3, -0.25) is 0 Å². The van der Waals surface area contributed by atoms with Gasteiger partial charge >= 0.3 is 5.97 Å². The molecule has 0 amide bonds. The Hall–Kier alpha value is -2.67. The molecule has 184 valence electrons. The standard InChI is InChI=1S/C27H40N4O2Si/c1-17(2)30(9)26-25(28-23-12-11-21(27(32)33-10)15-24(23)29-26)22-13-14-31(16-22)34(18(3)4,19(5)6)20(7)8/h11-20H,1-10H3. The van der Waals surface area contributed by atoms with Crippen LogP contribution in [-0.2, 0) is 4.74 Å². The van der Waals surface area contributed by atoms with Crippen molar-refractivity contribution in [1.29, 1.82) is 0 Å². The molecule has 0 N–H and O–H groups in total. The second kappa shape index (κ2) is 9.90. The highest BCUT2D eigenvalue weighted by Gasteiger charge is 2.45. The highest BCUT2D eigenvalue weighted by molar-refractivity contribution is 6.82. The first-order valence-electron chi connectivity index (χ1n) is 12.3. The number of benzene rings is 1. The summed E-state index contributed by atoms with van der Waals surface area (Å²) in [7, 11) is 1.57. The van der Waals surface area contributed by atoms with Crippen molar-refractivity contribution < 1.29 is 9.53 Å². The van der Waals surface area contributed by atoms with Crippen molar-refractivity contribution in [3.8, 4) is 11.3 Å². The van der Waals surface area contributed by atoms with Gasteiger partial charge in [0, 0.05) is 24.8 Å². The number of carbonyl (C=O) groups excluding carboxylic acids is 1. The van der Waals surface area contributed by atoms with Gasteiger partial charge in [0.05, 0.1) is 23.7 Å². The smallest absolute Gasteiger partial charge is 0.337 e. The van der Waals surface area contributed by atoms with E-state index in [-0.39, 0.29) is 12.0 Å². The number of ether oxygens (including phenoxy) is 1. The van der Waals surface area contributed by atoms with Crippen LogP contribution in [0.1, 0.15) is 65.7 Å². The van der Waals surface area contributed by atoms with E-state index in [4.69, 9.17) is 14.7 Å². The van der Waals surface area contributed by atoms with Gasteiger partial charge in [0.25, 0.3) is 0 Å². The summed E-state index contributed by atoms with van der Waals surface area (Å²) in [6.07, 6.45) is 4.55. The number of hydrogen-bond donors (Lipinski definition) is 0. The summed E-state index contributed by atoms with van der Waals surface area (Å²) in [4.78, 5) is 24.2. The molecule has 2 heterocycles. The van der Waals surface area contributed by atoms with Gasteiger partial charge in [-0.05, 0) is 60.9 Å². The number of methoxy groups -OCH3 is 1.